The number of hydrogen-bond acceptors (Lipinski definition) is 6. The third-order valence-corrected chi connectivity index (χ3v) is 7.18. The van der Waals surface area contributed by atoms with Gasteiger partial charge in [0.05, 0.1) is 30.5 Å². The Labute approximate surface area is 207 Å². The standard InChI is InChI=1S/C24H24BrN3O5S/c1-17(18-9-11-19(25)12-10-18)26-27-24(29)16-28(20-7-5-4-6-8-20)34(30,31)21-13-14-22(32-2)23(15-21)33-3/h4-15H,16H2,1-3H3,(H,27,29)/b26-17-. The Morgan fingerprint density at radius 2 is 1.62 bits per heavy atom. The van der Waals surface area contributed by atoms with Crippen LogP contribution in [0.4, 0.5) is 5.69 Å². The molecule has 0 atom stereocenters. The van der Waals surface area contributed by atoms with Crippen LogP contribution >= 0.6 is 15.9 Å². The largest absolute Gasteiger partial charge is 0.493 e. The maximum Gasteiger partial charge on any atom is 0.264 e. The van der Waals surface area contributed by atoms with Crippen LogP contribution in [0.2, 0.25) is 0 Å². The van der Waals surface area contributed by atoms with Gasteiger partial charge in [0.25, 0.3) is 15.9 Å². The van der Waals surface area contributed by atoms with Gasteiger partial charge in [-0.3, -0.25) is 9.10 Å². The van der Waals surface area contributed by atoms with Crippen molar-refractivity contribution in [1.29, 1.82) is 0 Å². The topological polar surface area (TPSA) is 97.3 Å². The minimum Gasteiger partial charge on any atom is -0.493 e. The maximum absolute atomic E-state index is 13.5. The van der Waals surface area contributed by atoms with Crippen molar-refractivity contribution in [1.82, 2.24) is 5.43 Å². The Bertz CT molecular complexity index is 1280. The predicted molar refractivity (Wildman–Crippen MR) is 135 cm³/mol. The molecule has 34 heavy (non-hydrogen) atoms. The molecule has 0 saturated heterocycles. The average molecular weight is 546 g/mol. The monoisotopic (exact) mass is 545 g/mol. The van der Waals surface area contributed by atoms with E-state index in [2.05, 4.69) is 26.5 Å². The number of nitrogens with one attached hydrogen (secondary N) is 1. The molecule has 0 bridgehead atoms. The molecule has 1 N–H and O–H groups in total. The zero-order valence-corrected chi connectivity index (χ0v) is 21.3. The summed E-state index contributed by atoms with van der Waals surface area (Å²) in [7, 11) is -1.24. The van der Waals surface area contributed by atoms with Gasteiger partial charge in [-0.05, 0) is 48.9 Å². The number of hydrogen-bond donors (Lipinski definition) is 1. The summed E-state index contributed by atoms with van der Waals surface area (Å²) < 4.78 is 39.5. The van der Waals surface area contributed by atoms with Crippen LogP contribution in [-0.2, 0) is 14.8 Å². The lowest BCUT2D eigenvalue weighted by molar-refractivity contribution is -0.119. The number of para-hydroxylation sites is 1. The van der Waals surface area contributed by atoms with Gasteiger partial charge in [0, 0.05) is 10.5 Å². The van der Waals surface area contributed by atoms with Crippen molar-refractivity contribution < 1.29 is 22.7 Å². The van der Waals surface area contributed by atoms with Gasteiger partial charge in [-0.25, -0.2) is 13.8 Å². The average Bonchev–Trinajstić information content (AvgIpc) is 2.86. The van der Waals surface area contributed by atoms with E-state index in [-0.39, 0.29) is 10.6 Å². The lowest BCUT2D eigenvalue weighted by Gasteiger charge is -2.24. The first-order chi connectivity index (χ1) is 16.3. The van der Waals surface area contributed by atoms with Crippen molar-refractivity contribution in [3.05, 3.63) is 82.8 Å². The quantitative estimate of drug-likeness (QED) is 0.321. The summed E-state index contributed by atoms with van der Waals surface area (Å²) in [4.78, 5) is 12.7. The molecule has 0 aliphatic heterocycles. The SMILES string of the molecule is COc1ccc(S(=O)(=O)N(CC(=O)N/N=C(/C)c2ccc(Br)cc2)c2ccccc2)cc1OC. The lowest BCUT2D eigenvalue weighted by atomic mass is 10.1. The van der Waals surface area contributed by atoms with E-state index >= 15 is 0 Å². The number of carbonyl (C=O) groups excluding carboxylic acids is 1. The van der Waals surface area contributed by atoms with Gasteiger partial charge in [-0.1, -0.05) is 46.3 Å². The van der Waals surface area contributed by atoms with Crippen molar-refractivity contribution >= 4 is 43.3 Å². The first-order valence-corrected chi connectivity index (χ1v) is 12.4. The number of ether oxygens (including phenoxy) is 2. The van der Waals surface area contributed by atoms with Crippen molar-refractivity contribution in [2.24, 2.45) is 5.10 Å². The number of amides is 1. The molecule has 3 aromatic rings. The number of carbonyl (C=O) groups is 1. The van der Waals surface area contributed by atoms with E-state index in [9.17, 15) is 13.2 Å². The van der Waals surface area contributed by atoms with Crippen LogP contribution in [0.25, 0.3) is 0 Å². The van der Waals surface area contributed by atoms with Crippen LogP contribution in [0, 0.1) is 0 Å². The molecule has 178 valence electrons. The first kappa shape index (κ1) is 25.3. The van der Waals surface area contributed by atoms with Crippen LogP contribution in [-0.4, -0.2) is 40.8 Å². The predicted octanol–water partition coefficient (Wildman–Crippen LogP) is 4.20. The van der Waals surface area contributed by atoms with Gasteiger partial charge in [0.15, 0.2) is 11.5 Å². The summed E-state index contributed by atoms with van der Waals surface area (Å²) in [6.45, 7) is 1.27. The highest BCUT2D eigenvalue weighted by Crippen LogP contribution is 2.32. The fourth-order valence-electron chi connectivity index (χ4n) is 3.08. The molecule has 0 unspecified atom stereocenters. The zero-order valence-electron chi connectivity index (χ0n) is 18.9. The van der Waals surface area contributed by atoms with Gasteiger partial charge in [0.2, 0.25) is 0 Å². The van der Waals surface area contributed by atoms with E-state index in [0.29, 0.717) is 17.1 Å². The molecule has 3 aromatic carbocycles. The fraction of sp³-hybridized carbons (Fsp3) is 0.167. The van der Waals surface area contributed by atoms with E-state index in [1.807, 2.05) is 24.3 Å². The molecule has 0 fully saturated rings. The van der Waals surface area contributed by atoms with Crippen LogP contribution in [0.5, 0.6) is 11.5 Å². The molecule has 0 spiro atoms. The molecule has 1 amide bonds. The van der Waals surface area contributed by atoms with Gasteiger partial charge >= 0.3 is 0 Å². The molecule has 0 aliphatic rings. The number of halogens is 1. The smallest absolute Gasteiger partial charge is 0.264 e. The molecular weight excluding hydrogens is 522 g/mol. The van der Waals surface area contributed by atoms with Gasteiger partial charge in [0.1, 0.15) is 6.54 Å². The summed E-state index contributed by atoms with van der Waals surface area (Å²) >= 11 is 3.37. The van der Waals surface area contributed by atoms with Crippen molar-refractivity contribution in [3.63, 3.8) is 0 Å². The Hall–Kier alpha value is -3.37. The molecule has 0 radical (unpaired) electrons. The number of nitrogens with zero attached hydrogens (tertiary/aromatic N) is 2. The van der Waals surface area contributed by atoms with E-state index in [1.165, 1.54) is 32.4 Å². The highest BCUT2D eigenvalue weighted by Gasteiger charge is 2.28. The maximum atomic E-state index is 13.5. The molecule has 3 rings (SSSR count). The van der Waals surface area contributed by atoms with E-state index < -0.39 is 22.5 Å². The molecule has 0 aromatic heterocycles. The minimum atomic E-state index is -4.12. The highest BCUT2D eigenvalue weighted by atomic mass is 79.9. The highest BCUT2D eigenvalue weighted by molar-refractivity contribution is 9.10. The third kappa shape index (κ3) is 5.95. The van der Waals surface area contributed by atoms with Crippen LogP contribution in [0.3, 0.4) is 0 Å². The summed E-state index contributed by atoms with van der Waals surface area (Å²) in [6.07, 6.45) is 0. The second-order valence-corrected chi connectivity index (χ2v) is 9.88. The zero-order chi connectivity index (χ0) is 24.7. The second kappa shape index (κ2) is 11.2. The number of hydrazone groups is 1. The van der Waals surface area contributed by atoms with Crippen LogP contribution in [0.1, 0.15) is 12.5 Å². The molecule has 10 heteroatoms. The Kier molecular flexibility index (Phi) is 8.30. The number of anilines is 1. The number of methoxy groups -OCH3 is 2. The second-order valence-electron chi connectivity index (χ2n) is 7.10. The van der Waals surface area contributed by atoms with Crippen molar-refractivity contribution in [2.45, 2.75) is 11.8 Å². The first-order valence-electron chi connectivity index (χ1n) is 10.1. The van der Waals surface area contributed by atoms with Gasteiger partial charge in [-0.2, -0.15) is 5.10 Å². The third-order valence-electron chi connectivity index (χ3n) is 4.88. The normalized spacial score (nSPS) is 11.6. The van der Waals surface area contributed by atoms with Crippen LogP contribution in [0.15, 0.2) is 87.3 Å². The van der Waals surface area contributed by atoms with Gasteiger partial charge < -0.3 is 9.47 Å². The molecule has 0 aliphatic carbocycles. The number of sulfonamides is 1. The minimum absolute atomic E-state index is 0.0450. The van der Waals surface area contributed by atoms with E-state index in [4.69, 9.17) is 9.47 Å². The van der Waals surface area contributed by atoms with E-state index in [1.54, 1.807) is 37.3 Å². The fourth-order valence-corrected chi connectivity index (χ4v) is 4.78. The van der Waals surface area contributed by atoms with E-state index in [0.717, 1.165) is 14.3 Å². The summed E-state index contributed by atoms with van der Waals surface area (Å²) in [6, 6.07) is 20.1. The summed E-state index contributed by atoms with van der Waals surface area (Å²) in [5.41, 5.74) is 4.18. The number of rotatable bonds is 9. The summed E-state index contributed by atoms with van der Waals surface area (Å²) in [5, 5.41) is 4.12. The Morgan fingerprint density at radius 3 is 2.24 bits per heavy atom. The molecule has 8 nitrogen and oxygen atoms in total. The lowest BCUT2D eigenvalue weighted by Crippen LogP contribution is -2.39. The van der Waals surface area contributed by atoms with Crippen molar-refractivity contribution in [2.75, 3.05) is 25.1 Å². The molecule has 0 saturated carbocycles. The summed E-state index contributed by atoms with van der Waals surface area (Å²) in [5.74, 6) is 0.0586. The molecule has 0 heterocycles. The molecular formula is C24H24BrN3O5S. The van der Waals surface area contributed by atoms with Gasteiger partial charge in [-0.15, -0.1) is 0 Å². The van der Waals surface area contributed by atoms with Crippen LogP contribution < -0.4 is 19.2 Å². The van der Waals surface area contributed by atoms with Crippen molar-refractivity contribution in [3.8, 4) is 11.5 Å². The Morgan fingerprint density at radius 1 is 0.971 bits per heavy atom. The number of benzene rings is 3. The Balaban J connectivity index is 1.89.